The molecule has 1 aliphatic rings. The monoisotopic (exact) mass is 288 g/mol. The van der Waals surface area contributed by atoms with E-state index in [2.05, 4.69) is 36.5 Å². The number of aromatic nitrogens is 1. The van der Waals surface area contributed by atoms with Crippen LogP contribution < -0.4 is 5.32 Å². The van der Waals surface area contributed by atoms with Gasteiger partial charge in [-0.15, -0.1) is 11.3 Å². The van der Waals surface area contributed by atoms with Crippen LogP contribution in [0.2, 0.25) is 0 Å². The van der Waals surface area contributed by atoms with E-state index >= 15 is 0 Å². The van der Waals surface area contributed by atoms with Crippen molar-refractivity contribution in [2.45, 2.75) is 51.5 Å². The van der Waals surface area contributed by atoms with Gasteiger partial charge in [0, 0.05) is 12.5 Å². The van der Waals surface area contributed by atoms with Crippen molar-refractivity contribution in [3.63, 3.8) is 0 Å². The molecule has 0 bridgehead atoms. The SMILES string of the molecule is CCNC(Cc1nc2ccccc2s1)CC1CCCC1. The van der Waals surface area contributed by atoms with Gasteiger partial charge in [0.25, 0.3) is 0 Å². The predicted molar refractivity (Wildman–Crippen MR) is 87.4 cm³/mol. The highest BCUT2D eigenvalue weighted by atomic mass is 32.1. The van der Waals surface area contributed by atoms with E-state index in [0.717, 1.165) is 24.4 Å². The Morgan fingerprint density at radius 3 is 2.85 bits per heavy atom. The van der Waals surface area contributed by atoms with Crippen LogP contribution in [0.4, 0.5) is 0 Å². The van der Waals surface area contributed by atoms with Gasteiger partial charge in [0.15, 0.2) is 0 Å². The third-order valence-electron chi connectivity index (χ3n) is 4.34. The van der Waals surface area contributed by atoms with Crippen LogP contribution >= 0.6 is 11.3 Å². The molecule has 0 radical (unpaired) electrons. The van der Waals surface area contributed by atoms with Crippen molar-refractivity contribution in [3.05, 3.63) is 29.3 Å². The van der Waals surface area contributed by atoms with Crippen LogP contribution in [-0.2, 0) is 6.42 Å². The van der Waals surface area contributed by atoms with E-state index in [0.29, 0.717) is 6.04 Å². The normalized spacial score (nSPS) is 17.9. The second kappa shape index (κ2) is 6.68. The van der Waals surface area contributed by atoms with E-state index in [9.17, 15) is 0 Å². The minimum Gasteiger partial charge on any atom is -0.314 e. The first-order chi connectivity index (χ1) is 9.85. The molecule has 0 aliphatic heterocycles. The zero-order valence-corrected chi connectivity index (χ0v) is 13.1. The Kier molecular flexibility index (Phi) is 4.69. The quantitative estimate of drug-likeness (QED) is 0.852. The van der Waals surface area contributed by atoms with Gasteiger partial charge in [0.1, 0.15) is 0 Å². The molecule has 108 valence electrons. The molecule has 1 unspecified atom stereocenters. The lowest BCUT2D eigenvalue weighted by Gasteiger charge is -2.20. The zero-order chi connectivity index (χ0) is 13.8. The van der Waals surface area contributed by atoms with Crippen molar-refractivity contribution in [1.29, 1.82) is 0 Å². The van der Waals surface area contributed by atoms with Gasteiger partial charge in [0.2, 0.25) is 0 Å². The van der Waals surface area contributed by atoms with Crippen LogP contribution in [0.5, 0.6) is 0 Å². The van der Waals surface area contributed by atoms with Crippen LogP contribution in [0.15, 0.2) is 24.3 Å². The maximum absolute atomic E-state index is 4.79. The van der Waals surface area contributed by atoms with Gasteiger partial charge in [-0.2, -0.15) is 0 Å². The molecular formula is C17H24N2S. The molecule has 3 rings (SSSR count). The number of hydrogen-bond donors (Lipinski definition) is 1. The molecule has 1 fully saturated rings. The van der Waals surface area contributed by atoms with Gasteiger partial charge in [-0.1, -0.05) is 44.7 Å². The molecule has 1 aromatic heterocycles. The van der Waals surface area contributed by atoms with Crippen LogP contribution in [0.3, 0.4) is 0 Å². The summed E-state index contributed by atoms with van der Waals surface area (Å²) in [6.07, 6.45) is 8.15. The van der Waals surface area contributed by atoms with Crippen molar-refractivity contribution < 1.29 is 0 Å². The van der Waals surface area contributed by atoms with E-state index < -0.39 is 0 Å². The lowest BCUT2D eigenvalue weighted by Crippen LogP contribution is -2.32. The number of benzene rings is 1. The molecule has 1 N–H and O–H groups in total. The Bertz CT molecular complexity index is 510. The topological polar surface area (TPSA) is 24.9 Å². The van der Waals surface area contributed by atoms with Crippen LogP contribution in [0.25, 0.3) is 10.2 Å². The Morgan fingerprint density at radius 1 is 1.30 bits per heavy atom. The number of para-hydroxylation sites is 1. The summed E-state index contributed by atoms with van der Waals surface area (Å²) in [4.78, 5) is 4.79. The minimum atomic E-state index is 0.601. The first kappa shape index (κ1) is 14.0. The van der Waals surface area contributed by atoms with Gasteiger partial charge >= 0.3 is 0 Å². The highest BCUT2D eigenvalue weighted by Crippen LogP contribution is 2.30. The van der Waals surface area contributed by atoms with Gasteiger partial charge in [-0.3, -0.25) is 0 Å². The molecule has 1 heterocycles. The Labute approximate surface area is 125 Å². The summed E-state index contributed by atoms with van der Waals surface area (Å²) < 4.78 is 1.32. The summed E-state index contributed by atoms with van der Waals surface area (Å²) in [5.74, 6) is 0.938. The van der Waals surface area contributed by atoms with E-state index in [4.69, 9.17) is 4.98 Å². The second-order valence-electron chi connectivity index (χ2n) is 5.92. The molecular weight excluding hydrogens is 264 g/mol. The largest absolute Gasteiger partial charge is 0.314 e. The molecule has 0 spiro atoms. The van der Waals surface area contributed by atoms with Crippen LogP contribution in [-0.4, -0.2) is 17.6 Å². The molecule has 1 atom stereocenters. The number of likely N-dealkylation sites (N-methyl/N-ethyl adjacent to an activating group) is 1. The zero-order valence-electron chi connectivity index (χ0n) is 12.3. The molecule has 2 nitrogen and oxygen atoms in total. The summed E-state index contributed by atoms with van der Waals surface area (Å²) in [6, 6.07) is 9.07. The molecule has 2 aromatic rings. The predicted octanol–water partition coefficient (Wildman–Crippen LogP) is 4.40. The van der Waals surface area contributed by atoms with E-state index in [1.54, 1.807) is 0 Å². The molecule has 0 amide bonds. The Hall–Kier alpha value is -0.930. The lowest BCUT2D eigenvalue weighted by molar-refractivity contribution is 0.390. The number of nitrogens with one attached hydrogen (secondary N) is 1. The van der Waals surface area contributed by atoms with Crippen molar-refractivity contribution in [3.8, 4) is 0 Å². The van der Waals surface area contributed by atoms with Gasteiger partial charge in [0.05, 0.1) is 15.2 Å². The third kappa shape index (κ3) is 3.39. The van der Waals surface area contributed by atoms with Crippen molar-refractivity contribution >= 4 is 21.6 Å². The number of hydrogen-bond acceptors (Lipinski definition) is 3. The maximum Gasteiger partial charge on any atom is 0.0954 e. The van der Waals surface area contributed by atoms with Crippen molar-refractivity contribution in [2.24, 2.45) is 5.92 Å². The van der Waals surface area contributed by atoms with E-state index in [-0.39, 0.29) is 0 Å². The second-order valence-corrected chi connectivity index (χ2v) is 7.04. The average molecular weight is 288 g/mol. The summed E-state index contributed by atoms with van der Waals surface area (Å²) in [5, 5.41) is 4.96. The molecule has 0 saturated heterocycles. The third-order valence-corrected chi connectivity index (χ3v) is 5.40. The smallest absolute Gasteiger partial charge is 0.0954 e. The summed E-state index contributed by atoms with van der Waals surface area (Å²) in [7, 11) is 0. The summed E-state index contributed by atoms with van der Waals surface area (Å²) in [5.41, 5.74) is 1.16. The fraction of sp³-hybridized carbons (Fsp3) is 0.588. The fourth-order valence-electron chi connectivity index (χ4n) is 3.39. The first-order valence-electron chi connectivity index (χ1n) is 7.93. The number of rotatable bonds is 6. The Morgan fingerprint density at radius 2 is 2.10 bits per heavy atom. The maximum atomic E-state index is 4.79. The Balaban J connectivity index is 1.68. The van der Waals surface area contributed by atoms with Crippen molar-refractivity contribution in [2.75, 3.05) is 6.54 Å². The van der Waals surface area contributed by atoms with E-state index in [1.807, 2.05) is 11.3 Å². The number of thiazole rings is 1. The molecule has 1 saturated carbocycles. The molecule has 20 heavy (non-hydrogen) atoms. The van der Waals surface area contributed by atoms with Crippen LogP contribution in [0, 0.1) is 5.92 Å². The number of nitrogens with zero attached hydrogens (tertiary/aromatic N) is 1. The fourth-order valence-corrected chi connectivity index (χ4v) is 4.44. The molecule has 1 aromatic carbocycles. The molecule has 1 aliphatic carbocycles. The number of fused-ring (bicyclic) bond motifs is 1. The standard InChI is InChI=1S/C17H24N2S/c1-2-18-14(11-13-7-3-4-8-13)12-17-19-15-9-5-6-10-16(15)20-17/h5-6,9-10,13-14,18H,2-4,7-8,11-12H2,1H3. The molecule has 3 heteroatoms. The van der Waals surface area contributed by atoms with Gasteiger partial charge < -0.3 is 5.32 Å². The lowest BCUT2D eigenvalue weighted by atomic mass is 9.96. The average Bonchev–Trinajstić information content (AvgIpc) is 3.07. The summed E-state index contributed by atoms with van der Waals surface area (Å²) in [6.45, 7) is 3.27. The van der Waals surface area contributed by atoms with Crippen molar-refractivity contribution in [1.82, 2.24) is 10.3 Å². The minimum absolute atomic E-state index is 0.601. The van der Waals surface area contributed by atoms with Crippen LogP contribution in [0.1, 0.15) is 44.0 Å². The van der Waals surface area contributed by atoms with Gasteiger partial charge in [-0.05, 0) is 31.0 Å². The first-order valence-corrected chi connectivity index (χ1v) is 8.74. The van der Waals surface area contributed by atoms with Gasteiger partial charge in [-0.25, -0.2) is 4.98 Å². The summed E-state index contributed by atoms with van der Waals surface area (Å²) >= 11 is 1.86. The highest BCUT2D eigenvalue weighted by Gasteiger charge is 2.20. The van der Waals surface area contributed by atoms with E-state index in [1.165, 1.54) is 41.8 Å². The highest BCUT2D eigenvalue weighted by molar-refractivity contribution is 7.18.